The van der Waals surface area contributed by atoms with Crippen LogP contribution in [0.3, 0.4) is 0 Å². The van der Waals surface area contributed by atoms with Crippen molar-refractivity contribution < 1.29 is 4.39 Å². The van der Waals surface area contributed by atoms with E-state index >= 15 is 0 Å². The van der Waals surface area contributed by atoms with E-state index in [1.807, 2.05) is 31.6 Å². The average molecular weight is 297 g/mol. The molecule has 0 bridgehead atoms. The number of nitrogens with zero attached hydrogens (tertiary/aromatic N) is 4. The molecule has 0 saturated heterocycles. The molecule has 3 rings (SSSR count). The highest BCUT2D eigenvalue weighted by Gasteiger charge is 2.02. The van der Waals surface area contributed by atoms with Gasteiger partial charge < -0.3 is 5.32 Å². The average Bonchev–Trinajstić information content (AvgIpc) is 2.94. The Morgan fingerprint density at radius 3 is 2.55 bits per heavy atom. The molecule has 0 amide bonds. The molecule has 0 aliphatic heterocycles. The third-order valence-electron chi connectivity index (χ3n) is 3.28. The second-order valence-electron chi connectivity index (χ2n) is 5.01. The van der Waals surface area contributed by atoms with Crippen LogP contribution in [-0.2, 0) is 13.5 Å². The number of aryl methyl sites for hydroxylation is 1. The Bertz CT molecular complexity index is 734. The number of anilines is 1. The van der Waals surface area contributed by atoms with Gasteiger partial charge in [-0.2, -0.15) is 5.10 Å². The normalized spacial score (nSPS) is 10.6. The summed E-state index contributed by atoms with van der Waals surface area (Å²) in [6.07, 6.45) is 4.71. The van der Waals surface area contributed by atoms with Crippen molar-refractivity contribution in [1.29, 1.82) is 0 Å². The summed E-state index contributed by atoms with van der Waals surface area (Å²) in [6.45, 7) is 0.760. The smallest absolute Gasteiger partial charge is 0.148 e. The minimum Gasteiger partial charge on any atom is -0.368 e. The molecule has 1 N–H and O–H groups in total. The van der Waals surface area contributed by atoms with Crippen LogP contribution in [0.4, 0.5) is 10.2 Å². The molecule has 112 valence electrons. The summed E-state index contributed by atoms with van der Waals surface area (Å²) >= 11 is 0. The summed E-state index contributed by atoms with van der Waals surface area (Å²) in [5.74, 6) is 0.458. The van der Waals surface area contributed by atoms with E-state index in [9.17, 15) is 4.39 Å². The van der Waals surface area contributed by atoms with E-state index in [1.54, 1.807) is 16.8 Å². The van der Waals surface area contributed by atoms with Gasteiger partial charge in [0.1, 0.15) is 11.6 Å². The fraction of sp³-hybridized carbons (Fsp3) is 0.188. The first-order chi connectivity index (χ1) is 10.7. The van der Waals surface area contributed by atoms with E-state index in [4.69, 9.17) is 0 Å². The summed E-state index contributed by atoms with van der Waals surface area (Å²) in [5.41, 5.74) is 2.74. The van der Waals surface area contributed by atoms with Crippen molar-refractivity contribution in [1.82, 2.24) is 20.0 Å². The minimum atomic E-state index is -0.259. The van der Waals surface area contributed by atoms with Crippen LogP contribution < -0.4 is 5.32 Å². The van der Waals surface area contributed by atoms with Crippen molar-refractivity contribution in [2.75, 3.05) is 11.9 Å². The Hall–Kier alpha value is -2.76. The molecule has 0 saturated carbocycles. The summed E-state index contributed by atoms with van der Waals surface area (Å²) in [4.78, 5) is 0. The van der Waals surface area contributed by atoms with Gasteiger partial charge in [-0.05, 0) is 48.4 Å². The molecule has 22 heavy (non-hydrogen) atoms. The fourth-order valence-corrected chi connectivity index (χ4v) is 2.14. The minimum absolute atomic E-state index is 0.259. The predicted molar refractivity (Wildman–Crippen MR) is 82.8 cm³/mol. The van der Waals surface area contributed by atoms with E-state index in [-0.39, 0.29) is 5.82 Å². The van der Waals surface area contributed by atoms with Crippen LogP contribution in [0, 0.1) is 5.82 Å². The van der Waals surface area contributed by atoms with Gasteiger partial charge in [-0.15, -0.1) is 10.2 Å². The van der Waals surface area contributed by atoms with E-state index in [1.165, 1.54) is 17.7 Å². The molecule has 5 nitrogen and oxygen atoms in total. The van der Waals surface area contributed by atoms with Gasteiger partial charge in [0.05, 0.1) is 11.9 Å². The maximum absolute atomic E-state index is 12.9. The summed E-state index contributed by atoms with van der Waals surface area (Å²) in [5, 5.41) is 15.6. The van der Waals surface area contributed by atoms with Crippen LogP contribution in [0.5, 0.6) is 0 Å². The van der Waals surface area contributed by atoms with Crippen LogP contribution >= 0.6 is 0 Å². The lowest BCUT2D eigenvalue weighted by atomic mass is 10.1. The fourth-order valence-electron chi connectivity index (χ4n) is 2.14. The SMILES string of the molecule is Cn1cc(CCNc2ccc(-c3ccc(F)cc3)nn2)cn1. The van der Waals surface area contributed by atoms with Crippen LogP contribution in [0.15, 0.2) is 48.8 Å². The van der Waals surface area contributed by atoms with Gasteiger partial charge in [-0.3, -0.25) is 4.68 Å². The molecule has 0 unspecified atom stereocenters. The highest BCUT2D eigenvalue weighted by atomic mass is 19.1. The van der Waals surface area contributed by atoms with Crippen molar-refractivity contribution in [3.05, 3.63) is 60.2 Å². The maximum Gasteiger partial charge on any atom is 0.148 e. The van der Waals surface area contributed by atoms with Crippen LogP contribution in [0.1, 0.15) is 5.56 Å². The Kier molecular flexibility index (Phi) is 4.09. The largest absolute Gasteiger partial charge is 0.368 e. The first-order valence-electron chi connectivity index (χ1n) is 7.02. The molecule has 0 aliphatic carbocycles. The molecule has 0 atom stereocenters. The van der Waals surface area contributed by atoms with Crippen molar-refractivity contribution in [3.63, 3.8) is 0 Å². The molecular formula is C16H16FN5. The third-order valence-corrected chi connectivity index (χ3v) is 3.28. The van der Waals surface area contributed by atoms with Crippen molar-refractivity contribution in [3.8, 4) is 11.3 Å². The molecule has 2 heterocycles. The van der Waals surface area contributed by atoms with Gasteiger partial charge in [0.15, 0.2) is 0 Å². The van der Waals surface area contributed by atoms with Crippen molar-refractivity contribution in [2.24, 2.45) is 7.05 Å². The number of rotatable bonds is 5. The highest BCUT2D eigenvalue weighted by Crippen LogP contribution is 2.17. The van der Waals surface area contributed by atoms with Gasteiger partial charge >= 0.3 is 0 Å². The Morgan fingerprint density at radius 1 is 1.09 bits per heavy atom. The van der Waals surface area contributed by atoms with Crippen molar-refractivity contribution >= 4 is 5.82 Å². The monoisotopic (exact) mass is 297 g/mol. The van der Waals surface area contributed by atoms with Crippen LogP contribution in [0.2, 0.25) is 0 Å². The lowest BCUT2D eigenvalue weighted by molar-refractivity contribution is 0.628. The number of hydrogen-bond acceptors (Lipinski definition) is 4. The third kappa shape index (κ3) is 3.46. The first kappa shape index (κ1) is 14.2. The molecule has 3 aromatic rings. The Morgan fingerprint density at radius 2 is 1.91 bits per heavy atom. The zero-order valence-corrected chi connectivity index (χ0v) is 12.2. The molecule has 6 heteroatoms. The summed E-state index contributed by atoms with van der Waals surface area (Å²) in [6, 6.07) is 9.94. The first-order valence-corrected chi connectivity index (χ1v) is 7.02. The van der Waals surface area contributed by atoms with E-state index in [0.717, 1.165) is 30.0 Å². The number of aromatic nitrogens is 4. The predicted octanol–water partition coefficient (Wildman–Crippen LogP) is 2.67. The summed E-state index contributed by atoms with van der Waals surface area (Å²) < 4.78 is 14.7. The lowest BCUT2D eigenvalue weighted by Gasteiger charge is -2.05. The van der Waals surface area contributed by atoms with Gasteiger partial charge in [0.25, 0.3) is 0 Å². The van der Waals surface area contributed by atoms with Crippen LogP contribution in [-0.4, -0.2) is 26.5 Å². The molecule has 0 fully saturated rings. The van der Waals surface area contributed by atoms with Gasteiger partial charge in [-0.1, -0.05) is 0 Å². The molecule has 0 radical (unpaired) electrons. The van der Waals surface area contributed by atoms with Gasteiger partial charge in [0, 0.05) is 25.4 Å². The van der Waals surface area contributed by atoms with Gasteiger partial charge in [-0.25, -0.2) is 4.39 Å². The van der Waals surface area contributed by atoms with E-state index in [2.05, 4.69) is 20.6 Å². The van der Waals surface area contributed by atoms with Crippen LogP contribution in [0.25, 0.3) is 11.3 Å². The molecule has 2 aromatic heterocycles. The number of halogens is 1. The topological polar surface area (TPSA) is 55.6 Å². The zero-order valence-electron chi connectivity index (χ0n) is 12.2. The number of nitrogens with one attached hydrogen (secondary N) is 1. The second-order valence-corrected chi connectivity index (χ2v) is 5.01. The number of hydrogen-bond donors (Lipinski definition) is 1. The second kappa shape index (κ2) is 6.34. The quantitative estimate of drug-likeness (QED) is 0.786. The Balaban J connectivity index is 1.58. The highest BCUT2D eigenvalue weighted by molar-refractivity contribution is 5.59. The van der Waals surface area contributed by atoms with E-state index < -0.39 is 0 Å². The van der Waals surface area contributed by atoms with Crippen molar-refractivity contribution in [2.45, 2.75) is 6.42 Å². The standard InChI is InChI=1S/C16H16FN5/c1-22-11-12(10-19-22)8-9-18-16-7-6-15(20-21-16)13-2-4-14(17)5-3-13/h2-7,10-11H,8-9H2,1H3,(H,18,21). The molecule has 1 aromatic carbocycles. The Labute approximate surface area is 127 Å². The molecule has 0 aliphatic rings. The number of benzene rings is 1. The van der Waals surface area contributed by atoms with E-state index in [0.29, 0.717) is 0 Å². The zero-order chi connectivity index (χ0) is 15.4. The maximum atomic E-state index is 12.9. The van der Waals surface area contributed by atoms with Gasteiger partial charge in [0.2, 0.25) is 0 Å². The lowest BCUT2D eigenvalue weighted by Crippen LogP contribution is -2.06. The molecule has 0 spiro atoms. The molecular weight excluding hydrogens is 281 g/mol. The summed E-state index contributed by atoms with van der Waals surface area (Å²) in [7, 11) is 1.90.